The minimum Gasteiger partial charge on any atom is -0.309 e. The van der Waals surface area contributed by atoms with Gasteiger partial charge in [-0.15, -0.1) is 0 Å². The van der Waals surface area contributed by atoms with Crippen LogP contribution in [0.4, 0.5) is 0 Å². The third-order valence-electron chi connectivity index (χ3n) is 10.7. The van der Waals surface area contributed by atoms with Gasteiger partial charge in [-0.2, -0.15) is 0 Å². The van der Waals surface area contributed by atoms with Crippen LogP contribution in [-0.2, 0) is 0 Å². The van der Waals surface area contributed by atoms with Crippen LogP contribution in [-0.4, -0.2) is 19.1 Å². The quantitative estimate of drug-likeness (QED) is 0.180. The first kappa shape index (κ1) is 30.3. The van der Waals surface area contributed by atoms with Gasteiger partial charge in [-0.25, -0.2) is 9.97 Å². The summed E-state index contributed by atoms with van der Waals surface area (Å²) in [6.07, 6.45) is 0. The molecular formula is C50H32N4. The van der Waals surface area contributed by atoms with Gasteiger partial charge in [0.15, 0.2) is 5.82 Å². The van der Waals surface area contributed by atoms with Gasteiger partial charge >= 0.3 is 0 Å². The Morgan fingerprint density at radius 3 is 1.48 bits per heavy atom. The Bertz CT molecular complexity index is 3200. The van der Waals surface area contributed by atoms with Crippen molar-refractivity contribution >= 4 is 54.5 Å². The van der Waals surface area contributed by atoms with Crippen molar-refractivity contribution in [1.29, 1.82) is 0 Å². The Balaban J connectivity index is 1.21. The average molecular weight is 689 g/mol. The number of hydrogen-bond acceptors (Lipinski definition) is 2. The van der Waals surface area contributed by atoms with Crippen molar-refractivity contribution in [2.24, 2.45) is 0 Å². The predicted molar refractivity (Wildman–Crippen MR) is 225 cm³/mol. The standard InChI is InChI=1S/C50H32N4/c1-4-16-33(17-5-1)37-29-28-36(30-43(37)50-51-44-25-13-10-24-40(44)49(52-50)34-18-6-2-7-19-34)54-46-27-15-12-23-39(46)42-31-47-41(32-48(42)54)38-22-11-14-26-45(38)53(47)35-20-8-3-9-21-35/h1-32H. The molecule has 0 fully saturated rings. The van der Waals surface area contributed by atoms with Crippen molar-refractivity contribution in [2.75, 3.05) is 0 Å². The van der Waals surface area contributed by atoms with Crippen LogP contribution in [0.1, 0.15) is 0 Å². The molecule has 0 aliphatic rings. The number of aromatic nitrogens is 4. The third-order valence-corrected chi connectivity index (χ3v) is 10.7. The number of benzene rings is 8. The maximum Gasteiger partial charge on any atom is 0.161 e. The fourth-order valence-corrected chi connectivity index (χ4v) is 8.30. The van der Waals surface area contributed by atoms with Gasteiger partial charge < -0.3 is 9.13 Å². The molecule has 0 unspecified atom stereocenters. The Morgan fingerprint density at radius 2 is 0.833 bits per heavy atom. The summed E-state index contributed by atoms with van der Waals surface area (Å²) in [6.45, 7) is 0. The molecule has 0 bridgehead atoms. The lowest BCUT2D eigenvalue weighted by Crippen LogP contribution is -2.00. The first-order valence-electron chi connectivity index (χ1n) is 18.3. The van der Waals surface area contributed by atoms with E-state index in [9.17, 15) is 0 Å². The zero-order valence-corrected chi connectivity index (χ0v) is 29.3. The molecule has 4 nitrogen and oxygen atoms in total. The molecule has 0 atom stereocenters. The Morgan fingerprint density at radius 1 is 0.315 bits per heavy atom. The lowest BCUT2D eigenvalue weighted by molar-refractivity contribution is 1.17. The average Bonchev–Trinajstić information content (AvgIpc) is 3.75. The van der Waals surface area contributed by atoms with Crippen molar-refractivity contribution in [3.63, 3.8) is 0 Å². The molecule has 0 saturated heterocycles. The number of para-hydroxylation sites is 4. The summed E-state index contributed by atoms with van der Waals surface area (Å²) in [6, 6.07) is 69.0. The minimum atomic E-state index is 0.697. The second kappa shape index (κ2) is 12.1. The summed E-state index contributed by atoms with van der Waals surface area (Å²) in [5, 5.41) is 5.90. The van der Waals surface area contributed by atoms with E-state index in [4.69, 9.17) is 9.97 Å². The normalized spacial score (nSPS) is 11.7. The molecule has 11 rings (SSSR count). The summed E-state index contributed by atoms with van der Waals surface area (Å²) >= 11 is 0. The highest BCUT2D eigenvalue weighted by Crippen LogP contribution is 2.41. The van der Waals surface area contributed by atoms with E-state index in [-0.39, 0.29) is 0 Å². The van der Waals surface area contributed by atoms with Crippen molar-refractivity contribution in [1.82, 2.24) is 19.1 Å². The summed E-state index contributed by atoms with van der Waals surface area (Å²) in [7, 11) is 0. The third kappa shape index (κ3) is 4.70. The molecule has 3 heterocycles. The van der Waals surface area contributed by atoms with Gasteiger partial charge in [0, 0.05) is 49.4 Å². The SMILES string of the molecule is c1ccc(-c2ccc(-n3c4ccccc4c4cc5c(cc43)c3ccccc3n5-c3ccccc3)cc2-c2nc(-c3ccccc3)c3ccccc3n2)cc1. The maximum absolute atomic E-state index is 5.36. The summed E-state index contributed by atoms with van der Waals surface area (Å²) in [5.41, 5.74) is 13.0. The molecule has 54 heavy (non-hydrogen) atoms. The number of hydrogen-bond donors (Lipinski definition) is 0. The van der Waals surface area contributed by atoms with E-state index in [0.29, 0.717) is 5.82 Å². The predicted octanol–water partition coefficient (Wildman–Crippen LogP) is 12.8. The Hall–Kier alpha value is -7.30. The van der Waals surface area contributed by atoms with Gasteiger partial charge in [0.1, 0.15) is 0 Å². The summed E-state index contributed by atoms with van der Waals surface area (Å²) in [5.74, 6) is 0.697. The first-order chi connectivity index (χ1) is 26.8. The van der Waals surface area contributed by atoms with Gasteiger partial charge in [-0.3, -0.25) is 0 Å². The molecule has 0 saturated carbocycles. The largest absolute Gasteiger partial charge is 0.309 e. The maximum atomic E-state index is 5.36. The smallest absolute Gasteiger partial charge is 0.161 e. The van der Waals surface area contributed by atoms with Gasteiger partial charge in [0.05, 0.1) is 33.3 Å². The second-order valence-electron chi connectivity index (χ2n) is 13.8. The van der Waals surface area contributed by atoms with Gasteiger partial charge in [0.2, 0.25) is 0 Å². The van der Waals surface area contributed by atoms with Crippen molar-refractivity contribution in [2.45, 2.75) is 0 Å². The zero-order valence-electron chi connectivity index (χ0n) is 29.3. The topological polar surface area (TPSA) is 35.6 Å². The highest BCUT2D eigenvalue weighted by Gasteiger charge is 2.21. The lowest BCUT2D eigenvalue weighted by Gasteiger charge is -2.16. The zero-order chi connectivity index (χ0) is 35.6. The van der Waals surface area contributed by atoms with Crippen LogP contribution in [0.15, 0.2) is 194 Å². The highest BCUT2D eigenvalue weighted by atomic mass is 15.0. The van der Waals surface area contributed by atoms with Crippen LogP contribution in [0.5, 0.6) is 0 Å². The van der Waals surface area contributed by atoms with Gasteiger partial charge in [-0.05, 0) is 65.7 Å². The minimum absolute atomic E-state index is 0.697. The molecule has 3 aromatic heterocycles. The van der Waals surface area contributed by atoms with Crippen molar-refractivity contribution in [3.8, 4) is 45.1 Å². The van der Waals surface area contributed by atoms with E-state index in [1.165, 1.54) is 32.6 Å². The van der Waals surface area contributed by atoms with Crippen LogP contribution >= 0.6 is 0 Å². The molecule has 252 valence electrons. The molecule has 4 heteroatoms. The molecule has 0 N–H and O–H groups in total. The number of nitrogens with zero attached hydrogens (tertiary/aromatic N) is 4. The fourth-order valence-electron chi connectivity index (χ4n) is 8.30. The first-order valence-corrected chi connectivity index (χ1v) is 18.3. The van der Waals surface area contributed by atoms with E-state index in [1.807, 2.05) is 6.07 Å². The molecule has 0 spiro atoms. The molecule has 11 aromatic rings. The second-order valence-corrected chi connectivity index (χ2v) is 13.8. The van der Waals surface area contributed by atoms with Gasteiger partial charge in [-0.1, -0.05) is 140 Å². The van der Waals surface area contributed by atoms with Gasteiger partial charge in [0.25, 0.3) is 0 Å². The van der Waals surface area contributed by atoms with Crippen molar-refractivity contribution in [3.05, 3.63) is 194 Å². The Labute approximate surface area is 311 Å². The molecule has 0 amide bonds. The van der Waals surface area contributed by atoms with E-state index >= 15 is 0 Å². The molecule has 0 aliphatic heterocycles. The monoisotopic (exact) mass is 688 g/mol. The van der Waals surface area contributed by atoms with Crippen LogP contribution in [0, 0.1) is 0 Å². The lowest BCUT2D eigenvalue weighted by atomic mass is 9.97. The van der Waals surface area contributed by atoms with E-state index in [2.05, 4.69) is 197 Å². The van der Waals surface area contributed by atoms with Crippen LogP contribution in [0.2, 0.25) is 0 Å². The molecule has 0 aliphatic carbocycles. The highest BCUT2D eigenvalue weighted by molar-refractivity contribution is 6.19. The summed E-state index contributed by atoms with van der Waals surface area (Å²) < 4.78 is 4.81. The van der Waals surface area contributed by atoms with Crippen LogP contribution in [0.25, 0.3) is 99.7 Å². The molecular weight excluding hydrogens is 657 g/mol. The van der Waals surface area contributed by atoms with E-state index in [1.54, 1.807) is 0 Å². The Kier molecular flexibility index (Phi) is 6.82. The van der Waals surface area contributed by atoms with Crippen LogP contribution < -0.4 is 0 Å². The number of rotatable bonds is 5. The van der Waals surface area contributed by atoms with E-state index in [0.717, 1.165) is 61.3 Å². The summed E-state index contributed by atoms with van der Waals surface area (Å²) in [4.78, 5) is 10.6. The van der Waals surface area contributed by atoms with Crippen LogP contribution in [0.3, 0.4) is 0 Å². The van der Waals surface area contributed by atoms with Crippen molar-refractivity contribution < 1.29 is 0 Å². The van der Waals surface area contributed by atoms with E-state index < -0.39 is 0 Å². The number of fused-ring (bicyclic) bond motifs is 7. The molecule has 0 radical (unpaired) electrons. The molecule has 8 aromatic carbocycles. The fraction of sp³-hybridized carbons (Fsp3) is 0.